The fourth-order valence-corrected chi connectivity index (χ4v) is 2.48. The van der Waals surface area contributed by atoms with Crippen LogP contribution in [-0.2, 0) is 4.79 Å². The summed E-state index contributed by atoms with van der Waals surface area (Å²) < 4.78 is 5.63. The summed E-state index contributed by atoms with van der Waals surface area (Å²) in [5.41, 5.74) is 6.45. The third-order valence-electron chi connectivity index (χ3n) is 3.45. The largest absolute Gasteiger partial charge is 0.473 e. The first-order valence-corrected chi connectivity index (χ1v) is 7.41. The Morgan fingerprint density at radius 1 is 1.43 bits per heavy atom. The van der Waals surface area contributed by atoms with Crippen molar-refractivity contribution in [2.75, 3.05) is 23.7 Å². The highest BCUT2D eigenvalue weighted by Gasteiger charge is 2.21. The molecule has 0 unspecified atom stereocenters. The molecule has 1 aliphatic rings. The van der Waals surface area contributed by atoms with Crippen LogP contribution >= 0.6 is 0 Å². The van der Waals surface area contributed by atoms with Crippen LogP contribution in [0.5, 0.6) is 5.88 Å². The van der Waals surface area contributed by atoms with E-state index in [1.165, 1.54) is 0 Å². The van der Waals surface area contributed by atoms with E-state index in [9.17, 15) is 4.79 Å². The maximum atomic E-state index is 11.1. The molecule has 0 aromatic carbocycles. The van der Waals surface area contributed by atoms with Gasteiger partial charge in [0.15, 0.2) is 0 Å². The Morgan fingerprint density at radius 2 is 2.10 bits per heavy atom. The Hall–Kier alpha value is -1.98. The minimum absolute atomic E-state index is 0.0340. The van der Waals surface area contributed by atoms with Crippen LogP contribution in [0.4, 0.5) is 11.5 Å². The molecule has 1 saturated heterocycles. The first-order chi connectivity index (χ1) is 9.95. The van der Waals surface area contributed by atoms with Gasteiger partial charge in [0.25, 0.3) is 0 Å². The Kier molecular flexibility index (Phi) is 4.88. The van der Waals surface area contributed by atoms with Crippen LogP contribution in [0.25, 0.3) is 0 Å². The van der Waals surface area contributed by atoms with Crippen molar-refractivity contribution in [1.82, 2.24) is 10.3 Å². The average Bonchev–Trinajstić information content (AvgIpc) is 2.41. The topological polar surface area (TPSA) is 80.5 Å². The quantitative estimate of drug-likeness (QED) is 0.880. The molecule has 0 bridgehead atoms. The predicted octanol–water partition coefficient (Wildman–Crippen LogP) is 1.56. The number of piperidine rings is 1. The van der Waals surface area contributed by atoms with E-state index in [-0.39, 0.29) is 18.1 Å². The number of carbonyl (C=O) groups is 1. The van der Waals surface area contributed by atoms with E-state index < -0.39 is 0 Å². The summed E-state index contributed by atoms with van der Waals surface area (Å²) in [6, 6.07) is 4.01. The second kappa shape index (κ2) is 6.65. The summed E-state index contributed by atoms with van der Waals surface area (Å²) in [6.07, 6.45) is 1.89. The first-order valence-electron chi connectivity index (χ1n) is 7.41. The van der Waals surface area contributed by atoms with Crippen molar-refractivity contribution in [2.24, 2.45) is 0 Å². The SMILES string of the molecule is CC(=O)NC1CCN(c2ccc(N)c(OC(C)C)n2)CC1. The molecule has 1 fully saturated rings. The van der Waals surface area contributed by atoms with E-state index in [1.807, 2.05) is 26.0 Å². The molecule has 0 radical (unpaired) electrons. The monoisotopic (exact) mass is 292 g/mol. The molecular weight excluding hydrogens is 268 g/mol. The van der Waals surface area contributed by atoms with Gasteiger partial charge in [-0.1, -0.05) is 0 Å². The first kappa shape index (κ1) is 15.4. The van der Waals surface area contributed by atoms with E-state index >= 15 is 0 Å². The number of hydrogen-bond acceptors (Lipinski definition) is 5. The van der Waals surface area contributed by atoms with Crippen molar-refractivity contribution in [3.05, 3.63) is 12.1 Å². The van der Waals surface area contributed by atoms with Gasteiger partial charge < -0.3 is 20.7 Å². The van der Waals surface area contributed by atoms with Gasteiger partial charge in [-0.2, -0.15) is 4.98 Å². The second-order valence-corrected chi connectivity index (χ2v) is 5.69. The number of anilines is 2. The average molecular weight is 292 g/mol. The summed E-state index contributed by atoms with van der Waals surface area (Å²) in [5.74, 6) is 1.40. The van der Waals surface area contributed by atoms with Gasteiger partial charge >= 0.3 is 0 Å². The number of nitrogens with one attached hydrogen (secondary N) is 1. The molecule has 3 N–H and O–H groups in total. The maximum Gasteiger partial charge on any atom is 0.239 e. The molecule has 0 aliphatic carbocycles. The van der Waals surface area contributed by atoms with Crippen molar-refractivity contribution in [1.29, 1.82) is 0 Å². The van der Waals surface area contributed by atoms with Gasteiger partial charge in [0.2, 0.25) is 11.8 Å². The van der Waals surface area contributed by atoms with Crippen LogP contribution in [0.1, 0.15) is 33.6 Å². The van der Waals surface area contributed by atoms with Crippen LogP contribution in [0, 0.1) is 0 Å². The van der Waals surface area contributed by atoms with Gasteiger partial charge in [0, 0.05) is 26.1 Å². The number of carbonyl (C=O) groups excluding carboxylic acids is 1. The molecule has 1 aromatic heterocycles. The minimum Gasteiger partial charge on any atom is -0.473 e. The molecule has 6 nitrogen and oxygen atoms in total. The van der Waals surface area contributed by atoms with Crippen molar-refractivity contribution in [2.45, 2.75) is 45.8 Å². The van der Waals surface area contributed by atoms with Crippen molar-refractivity contribution in [3.8, 4) is 5.88 Å². The molecule has 1 aliphatic heterocycles. The smallest absolute Gasteiger partial charge is 0.239 e. The van der Waals surface area contributed by atoms with Crippen LogP contribution in [-0.4, -0.2) is 36.1 Å². The zero-order valence-electron chi connectivity index (χ0n) is 12.9. The van der Waals surface area contributed by atoms with E-state index in [0.717, 1.165) is 31.7 Å². The maximum absolute atomic E-state index is 11.1. The Bertz CT molecular complexity index is 496. The molecule has 0 spiro atoms. The van der Waals surface area contributed by atoms with Crippen LogP contribution in [0.15, 0.2) is 12.1 Å². The van der Waals surface area contributed by atoms with E-state index in [1.54, 1.807) is 6.92 Å². The van der Waals surface area contributed by atoms with Crippen molar-refractivity contribution in [3.63, 3.8) is 0 Å². The summed E-state index contributed by atoms with van der Waals surface area (Å²) >= 11 is 0. The molecular formula is C15H24N4O2. The second-order valence-electron chi connectivity index (χ2n) is 5.69. The molecule has 1 amide bonds. The lowest BCUT2D eigenvalue weighted by molar-refractivity contribution is -0.119. The highest BCUT2D eigenvalue weighted by Crippen LogP contribution is 2.26. The molecule has 0 atom stereocenters. The molecule has 2 heterocycles. The van der Waals surface area contributed by atoms with E-state index in [4.69, 9.17) is 10.5 Å². The highest BCUT2D eigenvalue weighted by molar-refractivity contribution is 5.73. The Balaban J connectivity index is 2.01. The lowest BCUT2D eigenvalue weighted by Gasteiger charge is -2.33. The van der Waals surface area contributed by atoms with Crippen LogP contribution < -0.4 is 20.7 Å². The van der Waals surface area contributed by atoms with Crippen molar-refractivity contribution < 1.29 is 9.53 Å². The fraction of sp³-hybridized carbons (Fsp3) is 0.600. The van der Waals surface area contributed by atoms with Gasteiger partial charge in [-0.3, -0.25) is 4.79 Å². The molecule has 116 valence electrons. The van der Waals surface area contributed by atoms with Gasteiger partial charge in [-0.15, -0.1) is 0 Å². The number of hydrogen-bond donors (Lipinski definition) is 2. The lowest BCUT2D eigenvalue weighted by Crippen LogP contribution is -2.44. The number of ether oxygens (including phenoxy) is 1. The van der Waals surface area contributed by atoms with Gasteiger partial charge in [0.1, 0.15) is 5.82 Å². The summed E-state index contributed by atoms with van der Waals surface area (Å²) in [5, 5.41) is 2.97. The normalized spacial score (nSPS) is 16.1. The molecule has 21 heavy (non-hydrogen) atoms. The molecule has 1 aromatic rings. The molecule has 6 heteroatoms. The van der Waals surface area contributed by atoms with E-state index in [2.05, 4.69) is 15.2 Å². The fourth-order valence-electron chi connectivity index (χ4n) is 2.48. The zero-order chi connectivity index (χ0) is 15.4. The van der Waals surface area contributed by atoms with Gasteiger partial charge in [-0.25, -0.2) is 0 Å². The number of rotatable bonds is 4. The number of nitrogens with two attached hydrogens (primary N) is 1. The minimum atomic E-state index is 0.0340. The third kappa shape index (κ3) is 4.24. The molecule has 0 saturated carbocycles. The number of amides is 1. The van der Waals surface area contributed by atoms with Crippen LogP contribution in [0.2, 0.25) is 0 Å². The summed E-state index contributed by atoms with van der Waals surface area (Å²) in [4.78, 5) is 17.8. The third-order valence-corrected chi connectivity index (χ3v) is 3.45. The van der Waals surface area contributed by atoms with Crippen LogP contribution in [0.3, 0.4) is 0 Å². The lowest BCUT2D eigenvalue weighted by atomic mass is 10.1. The Morgan fingerprint density at radius 3 is 2.67 bits per heavy atom. The number of pyridine rings is 1. The van der Waals surface area contributed by atoms with Crippen molar-refractivity contribution >= 4 is 17.4 Å². The number of nitrogen functional groups attached to an aromatic ring is 1. The van der Waals surface area contributed by atoms with Gasteiger partial charge in [-0.05, 0) is 38.8 Å². The molecule has 2 rings (SSSR count). The van der Waals surface area contributed by atoms with E-state index in [0.29, 0.717) is 11.6 Å². The number of aromatic nitrogens is 1. The Labute approximate surface area is 125 Å². The highest BCUT2D eigenvalue weighted by atomic mass is 16.5. The summed E-state index contributed by atoms with van der Waals surface area (Å²) in [7, 11) is 0. The summed E-state index contributed by atoms with van der Waals surface area (Å²) in [6.45, 7) is 7.19. The number of nitrogens with zero attached hydrogens (tertiary/aromatic N) is 2. The van der Waals surface area contributed by atoms with Gasteiger partial charge in [0.05, 0.1) is 11.8 Å². The predicted molar refractivity (Wildman–Crippen MR) is 83.5 cm³/mol. The standard InChI is InChI=1S/C15H24N4O2/c1-10(2)21-15-13(16)4-5-14(18-15)19-8-6-12(7-9-19)17-11(3)20/h4-5,10,12H,6-9,16H2,1-3H3,(H,17,20). The zero-order valence-corrected chi connectivity index (χ0v) is 12.9.